The number of nitrogens with one attached hydrogen (secondary N) is 1. The number of pyridine rings is 1. The highest BCUT2D eigenvalue weighted by molar-refractivity contribution is 7.91. The van der Waals surface area contributed by atoms with Crippen molar-refractivity contribution in [2.75, 3.05) is 18.3 Å². The summed E-state index contributed by atoms with van der Waals surface area (Å²) in [5.41, 5.74) is 5.00. The average Bonchev–Trinajstić information content (AvgIpc) is 2.98. The second-order valence-corrected chi connectivity index (χ2v) is 7.49. The van der Waals surface area contributed by atoms with Gasteiger partial charge in [0.25, 0.3) is 0 Å². The molecule has 0 aliphatic carbocycles. The van der Waals surface area contributed by atoms with E-state index in [9.17, 15) is 8.42 Å². The molecule has 0 spiro atoms. The maximum absolute atomic E-state index is 12.4. The van der Waals surface area contributed by atoms with Gasteiger partial charge < -0.3 is 4.42 Å². The lowest BCUT2D eigenvalue weighted by Gasteiger charge is -2.08. The molecule has 0 bridgehead atoms. The third-order valence-electron chi connectivity index (χ3n) is 3.53. The number of hydrogen-bond donors (Lipinski definition) is 1. The molecule has 0 fully saturated rings. The number of fused-ring (bicyclic) bond motifs is 1. The zero-order chi connectivity index (χ0) is 17.3. The normalized spacial score (nSPS) is 11.8. The van der Waals surface area contributed by atoms with Crippen LogP contribution in [0.25, 0.3) is 22.7 Å². The molecular formula is C16H17N3O4S. The Hall–Kier alpha value is -2.45. The molecule has 0 aliphatic heterocycles. The summed E-state index contributed by atoms with van der Waals surface area (Å²) in [6.45, 7) is 3.53. The Kier molecular flexibility index (Phi) is 4.25. The van der Waals surface area contributed by atoms with Gasteiger partial charge in [-0.05, 0) is 36.8 Å². The Balaban J connectivity index is 2.23. The van der Waals surface area contributed by atoms with E-state index < -0.39 is 9.84 Å². The van der Waals surface area contributed by atoms with Crippen LogP contribution in [0.4, 0.5) is 5.82 Å². The van der Waals surface area contributed by atoms with Gasteiger partial charge in [-0.25, -0.2) is 23.9 Å². The van der Waals surface area contributed by atoms with E-state index in [2.05, 4.69) is 15.4 Å². The van der Waals surface area contributed by atoms with Crippen LogP contribution in [-0.4, -0.2) is 31.2 Å². The molecule has 3 aromatic rings. The third-order valence-corrected chi connectivity index (χ3v) is 5.29. The summed E-state index contributed by atoms with van der Waals surface area (Å²) in [4.78, 5) is 13.6. The highest BCUT2D eigenvalue weighted by Crippen LogP contribution is 2.30. The Morgan fingerprint density at radius 2 is 2.00 bits per heavy atom. The standard InChI is InChI=1S/C16H17N3O4S/c1-4-24(20,21)13-7-8-14(19-22-3)18-15(13)16-17-11-9-10(2)5-6-12(11)23-16/h5-9H,4H2,1-3H3,(H,18,19). The van der Waals surface area contributed by atoms with Crippen molar-refractivity contribution in [3.05, 3.63) is 35.9 Å². The van der Waals surface area contributed by atoms with Crippen LogP contribution >= 0.6 is 0 Å². The van der Waals surface area contributed by atoms with Gasteiger partial charge >= 0.3 is 0 Å². The second kappa shape index (κ2) is 6.21. The number of aryl methyl sites for hydroxylation is 1. The van der Waals surface area contributed by atoms with Crippen LogP contribution in [-0.2, 0) is 14.7 Å². The minimum Gasteiger partial charge on any atom is -0.435 e. The fraction of sp³-hybridized carbons (Fsp3) is 0.250. The topological polar surface area (TPSA) is 94.3 Å². The maximum Gasteiger partial charge on any atom is 0.247 e. The first-order chi connectivity index (χ1) is 11.4. The van der Waals surface area contributed by atoms with Crippen molar-refractivity contribution in [3.63, 3.8) is 0 Å². The number of nitrogens with zero attached hydrogens (tertiary/aromatic N) is 2. The number of sulfone groups is 1. The maximum atomic E-state index is 12.4. The van der Waals surface area contributed by atoms with Crippen molar-refractivity contribution in [1.29, 1.82) is 0 Å². The van der Waals surface area contributed by atoms with E-state index in [0.717, 1.165) is 5.56 Å². The molecule has 0 saturated carbocycles. The number of aromatic nitrogens is 2. The minimum atomic E-state index is -3.49. The van der Waals surface area contributed by atoms with Crippen molar-refractivity contribution in [2.45, 2.75) is 18.7 Å². The van der Waals surface area contributed by atoms with E-state index in [1.807, 2.05) is 19.1 Å². The fourth-order valence-corrected chi connectivity index (χ4v) is 3.32. The molecule has 0 unspecified atom stereocenters. The molecule has 0 amide bonds. The molecule has 0 atom stereocenters. The molecule has 7 nitrogen and oxygen atoms in total. The molecule has 24 heavy (non-hydrogen) atoms. The molecule has 0 aliphatic rings. The van der Waals surface area contributed by atoms with E-state index in [4.69, 9.17) is 9.25 Å². The van der Waals surface area contributed by atoms with Crippen molar-refractivity contribution < 1.29 is 17.7 Å². The van der Waals surface area contributed by atoms with Crippen LogP contribution < -0.4 is 5.48 Å². The Labute approximate surface area is 139 Å². The molecule has 1 N–H and O–H groups in total. The average molecular weight is 347 g/mol. The Bertz CT molecular complexity index is 996. The number of oxazole rings is 1. The lowest BCUT2D eigenvalue weighted by molar-refractivity contribution is 0.269. The first-order valence-electron chi connectivity index (χ1n) is 7.35. The summed E-state index contributed by atoms with van der Waals surface area (Å²) < 4.78 is 30.5. The minimum absolute atomic E-state index is 0.0436. The number of rotatable bonds is 5. The van der Waals surface area contributed by atoms with E-state index in [0.29, 0.717) is 16.9 Å². The zero-order valence-electron chi connectivity index (χ0n) is 13.5. The van der Waals surface area contributed by atoms with Crippen LogP contribution in [0, 0.1) is 6.92 Å². The number of anilines is 1. The van der Waals surface area contributed by atoms with Gasteiger partial charge in [0.2, 0.25) is 5.89 Å². The van der Waals surface area contributed by atoms with Gasteiger partial charge in [0.05, 0.1) is 17.8 Å². The molecule has 2 aromatic heterocycles. The SMILES string of the molecule is CCS(=O)(=O)c1ccc(NOC)nc1-c1nc2cc(C)ccc2o1. The summed E-state index contributed by atoms with van der Waals surface area (Å²) in [5, 5.41) is 0. The van der Waals surface area contributed by atoms with E-state index in [1.165, 1.54) is 19.2 Å². The van der Waals surface area contributed by atoms with E-state index in [1.54, 1.807) is 13.0 Å². The van der Waals surface area contributed by atoms with Crippen molar-refractivity contribution in [3.8, 4) is 11.6 Å². The summed E-state index contributed by atoms with van der Waals surface area (Å²) in [7, 11) is -2.04. The van der Waals surface area contributed by atoms with E-state index in [-0.39, 0.29) is 22.2 Å². The van der Waals surface area contributed by atoms with Gasteiger partial charge in [-0.3, -0.25) is 4.84 Å². The van der Waals surface area contributed by atoms with Gasteiger partial charge in [0, 0.05) is 0 Å². The number of hydrogen-bond acceptors (Lipinski definition) is 7. The Morgan fingerprint density at radius 3 is 2.71 bits per heavy atom. The molecule has 8 heteroatoms. The highest BCUT2D eigenvalue weighted by atomic mass is 32.2. The lowest BCUT2D eigenvalue weighted by atomic mass is 10.2. The second-order valence-electron chi connectivity index (χ2n) is 5.24. The van der Waals surface area contributed by atoms with Gasteiger partial charge in [-0.15, -0.1) is 0 Å². The third kappa shape index (κ3) is 2.98. The van der Waals surface area contributed by atoms with Crippen molar-refractivity contribution in [1.82, 2.24) is 9.97 Å². The first kappa shape index (κ1) is 16.4. The smallest absolute Gasteiger partial charge is 0.247 e. The molecule has 0 saturated heterocycles. The molecule has 0 radical (unpaired) electrons. The summed E-state index contributed by atoms with van der Waals surface area (Å²) in [5.74, 6) is 0.473. The van der Waals surface area contributed by atoms with Gasteiger partial charge in [-0.1, -0.05) is 13.0 Å². The van der Waals surface area contributed by atoms with Crippen LogP contribution in [0.3, 0.4) is 0 Å². The van der Waals surface area contributed by atoms with E-state index >= 15 is 0 Å². The fourth-order valence-electron chi connectivity index (χ4n) is 2.31. The van der Waals surface area contributed by atoms with Crippen LogP contribution in [0.15, 0.2) is 39.6 Å². The summed E-state index contributed by atoms with van der Waals surface area (Å²) >= 11 is 0. The first-order valence-corrected chi connectivity index (χ1v) is 9.00. The predicted octanol–water partition coefficient (Wildman–Crippen LogP) is 2.97. The molecule has 126 valence electrons. The lowest BCUT2D eigenvalue weighted by Crippen LogP contribution is -2.08. The molecule has 2 heterocycles. The van der Waals surface area contributed by atoms with Crippen LogP contribution in [0.5, 0.6) is 0 Å². The quantitative estimate of drug-likeness (QED) is 0.709. The number of benzene rings is 1. The van der Waals surface area contributed by atoms with Crippen LogP contribution in [0.2, 0.25) is 0 Å². The monoisotopic (exact) mass is 347 g/mol. The molecule has 1 aromatic carbocycles. The van der Waals surface area contributed by atoms with Crippen molar-refractivity contribution >= 4 is 26.8 Å². The van der Waals surface area contributed by atoms with Crippen LogP contribution in [0.1, 0.15) is 12.5 Å². The van der Waals surface area contributed by atoms with Gasteiger partial charge in [0.1, 0.15) is 11.2 Å². The van der Waals surface area contributed by atoms with Gasteiger partial charge in [0.15, 0.2) is 21.2 Å². The molecular weight excluding hydrogens is 330 g/mol. The summed E-state index contributed by atoms with van der Waals surface area (Å²) in [6.07, 6.45) is 0. The summed E-state index contributed by atoms with van der Waals surface area (Å²) in [6, 6.07) is 8.57. The Morgan fingerprint density at radius 1 is 1.21 bits per heavy atom. The van der Waals surface area contributed by atoms with Gasteiger partial charge in [-0.2, -0.15) is 0 Å². The predicted molar refractivity (Wildman–Crippen MR) is 90.3 cm³/mol. The van der Waals surface area contributed by atoms with Crippen molar-refractivity contribution in [2.24, 2.45) is 0 Å². The molecule has 3 rings (SSSR count). The largest absolute Gasteiger partial charge is 0.435 e. The zero-order valence-corrected chi connectivity index (χ0v) is 14.3. The highest BCUT2D eigenvalue weighted by Gasteiger charge is 2.23.